The number of nitrogens with one attached hydrogen (secondary N) is 1. The molecule has 4 heteroatoms. The van der Waals surface area contributed by atoms with Crippen molar-refractivity contribution in [2.45, 2.75) is 51.7 Å². The van der Waals surface area contributed by atoms with Crippen molar-refractivity contribution in [3.05, 3.63) is 35.6 Å². The van der Waals surface area contributed by atoms with Crippen LogP contribution in [0.2, 0.25) is 0 Å². The lowest BCUT2D eigenvalue weighted by Crippen LogP contribution is -2.44. The molecule has 2 atom stereocenters. The zero-order valence-corrected chi connectivity index (χ0v) is 12.7. The van der Waals surface area contributed by atoms with E-state index in [1.54, 1.807) is 12.1 Å². The molecule has 2 unspecified atom stereocenters. The Hall–Kier alpha value is -1.42. The molecule has 114 valence electrons. The predicted octanol–water partition coefficient (Wildman–Crippen LogP) is 3.22. The molecule has 0 spiro atoms. The first kappa shape index (κ1) is 14.5. The van der Waals surface area contributed by atoms with Gasteiger partial charge < -0.3 is 4.90 Å². The minimum Gasteiger partial charge on any atom is -0.319 e. The Kier molecular flexibility index (Phi) is 3.74. The topological polar surface area (TPSA) is 32.3 Å². The SMILES string of the molecule is CC1(C)CCCC(N2C(=O)CNC2c2ccccc2F)C1. The van der Waals surface area contributed by atoms with Crippen molar-refractivity contribution in [1.29, 1.82) is 0 Å². The van der Waals surface area contributed by atoms with Crippen molar-refractivity contribution in [2.75, 3.05) is 6.54 Å². The first-order valence-corrected chi connectivity index (χ1v) is 7.77. The first-order chi connectivity index (χ1) is 9.98. The number of halogens is 1. The van der Waals surface area contributed by atoms with Crippen molar-refractivity contribution < 1.29 is 9.18 Å². The summed E-state index contributed by atoms with van der Waals surface area (Å²) >= 11 is 0. The van der Waals surface area contributed by atoms with Crippen molar-refractivity contribution in [2.24, 2.45) is 5.41 Å². The summed E-state index contributed by atoms with van der Waals surface area (Å²) in [6, 6.07) is 6.95. The van der Waals surface area contributed by atoms with Crippen LogP contribution in [0.4, 0.5) is 4.39 Å². The fourth-order valence-corrected chi connectivity index (χ4v) is 3.78. The van der Waals surface area contributed by atoms with Crippen LogP contribution in [0, 0.1) is 11.2 Å². The molecular formula is C17H23FN2O. The number of carbonyl (C=O) groups excluding carboxylic acids is 1. The van der Waals surface area contributed by atoms with Crippen molar-refractivity contribution in [3.8, 4) is 0 Å². The van der Waals surface area contributed by atoms with Crippen molar-refractivity contribution in [1.82, 2.24) is 10.2 Å². The molecule has 1 aliphatic heterocycles. The maximum Gasteiger partial charge on any atom is 0.238 e. The van der Waals surface area contributed by atoms with E-state index in [0.717, 1.165) is 19.3 Å². The highest BCUT2D eigenvalue weighted by Crippen LogP contribution is 2.40. The minimum atomic E-state index is -0.322. The summed E-state index contributed by atoms with van der Waals surface area (Å²) in [5.41, 5.74) is 0.831. The molecule has 2 aliphatic rings. The van der Waals surface area contributed by atoms with Gasteiger partial charge in [0.25, 0.3) is 0 Å². The van der Waals surface area contributed by atoms with Gasteiger partial charge in [-0.05, 0) is 30.7 Å². The van der Waals surface area contributed by atoms with Crippen molar-refractivity contribution in [3.63, 3.8) is 0 Å². The van der Waals surface area contributed by atoms with E-state index in [2.05, 4.69) is 19.2 Å². The molecule has 1 aromatic rings. The summed E-state index contributed by atoms with van der Waals surface area (Å²) in [6.07, 6.45) is 4.01. The van der Waals surface area contributed by atoms with Gasteiger partial charge in [-0.1, -0.05) is 38.5 Å². The lowest BCUT2D eigenvalue weighted by molar-refractivity contribution is -0.131. The molecule has 1 amide bonds. The van der Waals surface area contributed by atoms with E-state index in [1.807, 2.05) is 11.0 Å². The van der Waals surface area contributed by atoms with Crippen LogP contribution in [-0.4, -0.2) is 23.4 Å². The maximum atomic E-state index is 14.1. The molecule has 1 saturated heterocycles. The average molecular weight is 290 g/mol. The van der Waals surface area contributed by atoms with Crippen molar-refractivity contribution >= 4 is 5.91 Å². The van der Waals surface area contributed by atoms with Gasteiger partial charge >= 0.3 is 0 Å². The van der Waals surface area contributed by atoms with Crippen LogP contribution in [0.25, 0.3) is 0 Å². The van der Waals surface area contributed by atoms with Crippen LogP contribution in [0.15, 0.2) is 24.3 Å². The summed E-state index contributed by atoms with van der Waals surface area (Å²) in [4.78, 5) is 14.2. The molecule has 1 saturated carbocycles. The van der Waals surface area contributed by atoms with Crippen LogP contribution in [0.1, 0.15) is 51.3 Å². The Balaban J connectivity index is 1.88. The third kappa shape index (κ3) is 2.82. The molecule has 0 bridgehead atoms. The number of hydrogen-bond acceptors (Lipinski definition) is 2. The van der Waals surface area contributed by atoms with Gasteiger partial charge in [0.15, 0.2) is 0 Å². The van der Waals surface area contributed by atoms with Gasteiger partial charge in [0, 0.05) is 11.6 Å². The van der Waals surface area contributed by atoms with E-state index in [4.69, 9.17) is 0 Å². The molecule has 1 heterocycles. The molecule has 1 aromatic carbocycles. The monoisotopic (exact) mass is 290 g/mol. The van der Waals surface area contributed by atoms with Gasteiger partial charge in [0.1, 0.15) is 12.0 Å². The number of carbonyl (C=O) groups is 1. The number of hydrogen-bond donors (Lipinski definition) is 1. The fraction of sp³-hybridized carbons (Fsp3) is 0.588. The Morgan fingerprint density at radius 3 is 2.81 bits per heavy atom. The van der Waals surface area contributed by atoms with Gasteiger partial charge in [-0.25, -0.2) is 4.39 Å². The van der Waals surface area contributed by atoms with Gasteiger partial charge in [-0.15, -0.1) is 0 Å². The lowest BCUT2D eigenvalue weighted by atomic mass is 9.74. The summed E-state index contributed by atoms with van der Waals surface area (Å²) in [5, 5.41) is 3.17. The molecule has 3 nitrogen and oxygen atoms in total. The smallest absolute Gasteiger partial charge is 0.238 e. The van der Waals surface area contributed by atoms with E-state index < -0.39 is 0 Å². The predicted molar refractivity (Wildman–Crippen MR) is 80.0 cm³/mol. The standard InChI is InChI=1S/C17H23FN2O/c1-17(2)9-5-6-12(10-17)20-15(21)11-19-16(20)13-7-3-4-8-14(13)18/h3-4,7-8,12,16,19H,5-6,9-11H2,1-2H3. The van der Waals surface area contributed by atoms with Crippen LogP contribution < -0.4 is 5.32 Å². The lowest BCUT2D eigenvalue weighted by Gasteiger charge is -2.41. The summed E-state index contributed by atoms with van der Waals surface area (Å²) in [7, 11) is 0. The summed E-state index contributed by atoms with van der Waals surface area (Å²) in [6.45, 7) is 4.81. The molecule has 3 rings (SSSR count). The van der Waals surface area contributed by atoms with Gasteiger partial charge in [-0.2, -0.15) is 0 Å². The Labute approximate surface area is 125 Å². The Morgan fingerprint density at radius 2 is 2.10 bits per heavy atom. The second kappa shape index (κ2) is 5.41. The molecule has 1 N–H and O–H groups in total. The Morgan fingerprint density at radius 1 is 1.33 bits per heavy atom. The van der Waals surface area contributed by atoms with E-state index in [9.17, 15) is 9.18 Å². The highest BCUT2D eigenvalue weighted by molar-refractivity contribution is 5.81. The third-order valence-electron chi connectivity index (χ3n) is 4.79. The second-order valence-electron chi connectivity index (χ2n) is 7.02. The third-order valence-corrected chi connectivity index (χ3v) is 4.79. The first-order valence-electron chi connectivity index (χ1n) is 7.77. The summed E-state index contributed by atoms with van der Waals surface area (Å²) < 4.78 is 14.1. The van der Waals surface area contributed by atoms with Crippen LogP contribution in [0.3, 0.4) is 0 Å². The zero-order valence-electron chi connectivity index (χ0n) is 12.7. The van der Waals surface area contributed by atoms with Crippen LogP contribution in [0.5, 0.6) is 0 Å². The molecule has 2 fully saturated rings. The normalized spacial score (nSPS) is 28.9. The highest BCUT2D eigenvalue weighted by atomic mass is 19.1. The largest absolute Gasteiger partial charge is 0.319 e. The molecule has 0 radical (unpaired) electrons. The van der Waals surface area contributed by atoms with Gasteiger partial charge in [0.05, 0.1) is 6.54 Å². The van der Waals surface area contributed by atoms with E-state index in [-0.39, 0.29) is 29.3 Å². The molecule has 21 heavy (non-hydrogen) atoms. The molecule has 0 aromatic heterocycles. The maximum absolute atomic E-state index is 14.1. The van der Waals surface area contributed by atoms with Gasteiger partial charge in [-0.3, -0.25) is 10.1 Å². The summed E-state index contributed by atoms with van der Waals surface area (Å²) in [5.74, 6) is -0.157. The second-order valence-corrected chi connectivity index (χ2v) is 7.02. The number of benzene rings is 1. The Bertz CT molecular complexity index is 543. The van der Waals surface area contributed by atoms with Crippen LogP contribution in [-0.2, 0) is 4.79 Å². The highest BCUT2D eigenvalue weighted by Gasteiger charge is 2.41. The molecule has 1 aliphatic carbocycles. The van der Waals surface area contributed by atoms with E-state index in [0.29, 0.717) is 12.1 Å². The number of rotatable bonds is 2. The quantitative estimate of drug-likeness (QED) is 0.907. The fourth-order valence-electron chi connectivity index (χ4n) is 3.78. The number of amides is 1. The van der Waals surface area contributed by atoms with E-state index in [1.165, 1.54) is 12.5 Å². The van der Waals surface area contributed by atoms with E-state index >= 15 is 0 Å². The molecular weight excluding hydrogens is 267 g/mol. The average Bonchev–Trinajstić information content (AvgIpc) is 2.80. The number of nitrogens with zero attached hydrogens (tertiary/aromatic N) is 1. The minimum absolute atomic E-state index is 0.0888. The van der Waals surface area contributed by atoms with Crippen LogP contribution >= 0.6 is 0 Å². The van der Waals surface area contributed by atoms with Gasteiger partial charge in [0.2, 0.25) is 5.91 Å². The zero-order chi connectivity index (χ0) is 15.0.